The molecule has 0 heterocycles. The average Bonchev–Trinajstić information content (AvgIpc) is 2.63. The minimum absolute atomic E-state index is 0.129. The first kappa shape index (κ1) is 17.1. The van der Waals surface area contributed by atoms with E-state index in [2.05, 4.69) is 22.5 Å². The van der Waals surface area contributed by atoms with Crippen LogP contribution in [0.2, 0.25) is 0 Å². The third-order valence-corrected chi connectivity index (χ3v) is 6.48. The molecule has 4 heteroatoms. The van der Waals surface area contributed by atoms with Gasteiger partial charge in [0.15, 0.2) is 0 Å². The smallest absolute Gasteiger partial charge is 0.252 e. The predicted molar refractivity (Wildman–Crippen MR) is 100 cm³/mol. The molecule has 4 fully saturated rings. The normalized spacial score (nSPS) is 31.0. The molecule has 0 unspecified atom stereocenters. The van der Waals surface area contributed by atoms with Crippen molar-refractivity contribution in [3.05, 3.63) is 35.4 Å². The lowest BCUT2D eigenvalue weighted by atomic mass is 9.49. The van der Waals surface area contributed by atoms with Crippen LogP contribution in [0.15, 0.2) is 24.3 Å². The number of benzene rings is 1. The Morgan fingerprint density at radius 1 is 1.08 bits per heavy atom. The fourth-order valence-electron chi connectivity index (χ4n) is 5.76. The minimum Gasteiger partial charge on any atom is -0.355 e. The second-order valence-corrected chi connectivity index (χ2v) is 8.31. The maximum Gasteiger partial charge on any atom is 0.252 e. The van der Waals surface area contributed by atoms with Crippen LogP contribution in [0.4, 0.5) is 0 Å². The summed E-state index contributed by atoms with van der Waals surface area (Å²) in [5.74, 6) is 8.39. The summed E-state index contributed by atoms with van der Waals surface area (Å²) in [6.07, 6.45) is 7.21. The standard InChI is InChI=1S/C22H26N2O2/c1-23-20(25)19-7-3-2-5-18(19)6-4-8-24-21(26)22-12-15-9-16(13-22)11-17(10-15)14-22/h2-3,5,7,15-17H,8-14H2,1H3,(H,23,25)(H,24,26). The lowest BCUT2D eigenvalue weighted by Gasteiger charge is -2.55. The van der Waals surface area contributed by atoms with Crippen LogP contribution in [0.1, 0.15) is 54.4 Å². The van der Waals surface area contributed by atoms with E-state index >= 15 is 0 Å². The van der Waals surface area contributed by atoms with Gasteiger partial charge >= 0.3 is 0 Å². The van der Waals surface area contributed by atoms with Gasteiger partial charge in [-0.05, 0) is 68.4 Å². The van der Waals surface area contributed by atoms with Crippen LogP contribution in [0, 0.1) is 35.0 Å². The van der Waals surface area contributed by atoms with Crippen LogP contribution in [0.3, 0.4) is 0 Å². The van der Waals surface area contributed by atoms with Crippen molar-refractivity contribution in [2.24, 2.45) is 23.2 Å². The SMILES string of the molecule is CNC(=O)c1ccccc1C#CCNC(=O)C12CC3CC(CC(C3)C1)C2. The molecule has 4 aliphatic carbocycles. The second kappa shape index (κ2) is 6.79. The first-order valence-electron chi connectivity index (χ1n) is 9.68. The summed E-state index contributed by atoms with van der Waals surface area (Å²) < 4.78 is 0. The number of hydrogen-bond donors (Lipinski definition) is 2. The van der Waals surface area contributed by atoms with E-state index in [0.717, 1.165) is 37.0 Å². The molecule has 4 bridgehead atoms. The Balaban J connectivity index is 1.40. The quantitative estimate of drug-likeness (QED) is 0.824. The topological polar surface area (TPSA) is 58.2 Å². The summed E-state index contributed by atoms with van der Waals surface area (Å²) >= 11 is 0. The van der Waals surface area contributed by atoms with Gasteiger partial charge in [0.1, 0.15) is 0 Å². The van der Waals surface area contributed by atoms with Crippen molar-refractivity contribution < 1.29 is 9.59 Å². The van der Waals surface area contributed by atoms with Gasteiger partial charge in [-0.1, -0.05) is 24.0 Å². The summed E-state index contributed by atoms with van der Waals surface area (Å²) in [7, 11) is 1.61. The van der Waals surface area contributed by atoms with Gasteiger partial charge in [0.05, 0.1) is 12.1 Å². The third-order valence-electron chi connectivity index (χ3n) is 6.48. The number of amides is 2. The van der Waals surface area contributed by atoms with Gasteiger partial charge in [0, 0.05) is 18.0 Å². The van der Waals surface area contributed by atoms with E-state index in [1.165, 1.54) is 19.3 Å². The Hall–Kier alpha value is -2.28. The van der Waals surface area contributed by atoms with Crippen LogP contribution in [0.25, 0.3) is 0 Å². The Kier molecular flexibility index (Phi) is 4.48. The van der Waals surface area contributed by atoms with E-state index < -0.39 is 0 Å². The monoisotopic (exact) mass is 350 g/mol. The van der Waals surface area contributed by atoms with Gasteiger partial charge in [-0.25, -0.2) is 0 Å². The van der Waals surface area contributed by atoms with Crippen LogP contribution >= 0.6 is 0 Å². The maximum atomic E-state index is 12.9. The lowest BCUT2D eigenvalue weighted by molar-refractivity contribution is -0.145. The summed E-state index contributed by atoms with van der Waals surface area (Å²) in [5.41, 5.74) is 1.13. The number of carbonyl (C=O) groups excluding carboxylic acids is 2. The Bertz CT molecular complexity index is 752. The van der Waals surface area contributed by atoms with Gasteiger partial charge in [0.2, 0.25) is 5.91 Å². The zero-order valence-corrected chi connectivity index (χ0v) is 15.3. The maximum absolute atomic E-state index is 12.9. The van der Waals surface area contributed by atoms with Crippen molar-refractivity contribution in [2.75, 3.05) is 13.6 Å². The highest BCUT2D eigenvalue weighted by Gasteiger charge is 2.54. The number of rotatable bonds is 3. The highest BCUT2D eigenvalue weighted by molar-refractivity contribution is 5.96. The summed E-state index contributed by atoms with van der Waals surface area (Å²) in [6.45, 7) is 0.336. The Morgan fingerprint density at radius 2 is 1.69 bits per heavy atom. The van der Waals surface area contributed by atoms with E-state index in [1.54, 1.807) is 13.1 Å². The molecule has 1 aromatic rings. The molecule has 136 valence electrons. The molecule has 5 rings (SSSR count). The van der Waals surface area contributed by atoms with E-state index in [1.807, 2.05) is 18.2 Å². The lowest BCUT2D eigenvalue weighted by Crippen LogP contribution is -2.53. The van der Waals surface area contributed by atoms with E-state index in [9.17, 15) is 9.59 Å². The summed E-state index contributed by atoms with van der Waals surface area (Å²) in [6, 6.07) is 7.28. The molecule has 0 saturated heterocycles. The van der Waals surface area contributed by atoms with E-state index in [0.29, 0.717) is 17.7 Å². The Morgan fingerprint density at radius 3 is 2.31 bits per heavy atom. The molecule has 2 N–H and O–H groups in total. The van der Waals surface area contributed by atoms with Gasteiger partial charge in [0.25, 0.3) is 5.91 Å². The van der Waals surface area contributed by atoms with Crippen molar-refractivity contribution >= 4 is 11.8 Å². The number of carbonyl (C=O) groups is 2. The largest absolute Gasteiger partial charge is 0.355 e. The molecule has 0 aliphatic heterocycles. The molecule has 4 nitrogen and oxygen atoms in total. The summed E-state index contributed by atoms with van der Waals surface area (Å²) in [4.78, 5) is 24.8. The van der Waals surface area contributed by atoms with Gasteiger partial charge < -0.3 is 10.6 Å². The van der Waals surface area contributed by atoms with Gasteiger partial charge in [-0.3, -0.25) is 9.59 Å². The third kappa shape index (κ3) is 3.11. The van der Waals surface area contributed by atoms with E-state index in [4.69, 9.17) is 0 Å². The predicted octanol–water partition coefficient (Wildman–Crippen LogP) is 2.73. The highest BCUT2D eigenvalue weighted by Crippen LogP contribution is 2.60. The van der Waals surface area contributed by atoms with Crippen molar-refractivity contribution in [3.8, 4) is 11.8 Å². The minimum atomic E-state index is -0.146. The van der Waals surface area contributed by atoms with Crippen molar-refractivity contribution in [1.29, 1.82) is 0 Å². The van der Waals surface area contributed by atoms with Crippen molar-refractivity contribution in [2.45, 2.75) is 38.5 Å². The van der Waals surface area contributed by atoms with Gasteiger partial charge in [-0.15, -0.1) is 0 Å². The summed E-state index contributed by atoms with van der Waals surface area (Å²) in [5, 5.41) is 5.69. The molecule has 2 amide bonds. The molecule has 4 aliphatic rings. The van der Waals surface area contributed by atoms with Crippen LogP contribution in [0.5, 0.6) is 0 Å². The molecule has 0 spiro atoms. The molecule has 0 atom stereocenters. The van der Waals surface area contributed by atoms with Gasteiger partial charge in [-0.2, -0.15) is 0 Å². The van der Waals surface area contributed by atoms with E-state index in [-0.39, 0.29) is 17.2 Å². The molecule has 4 saturated carbocycles. The molecule has 0 aromatic heterocycles. The number of nitrogens with one attached hydrogen (secondary N) is 2. The number of hydrogen-bond acceptors (Lipinski definition) is 2. The first-order chi connectivity index (χ1) is 12.6. The fourth-order valence-corrected chi connectivity index (χ4v) is 5.76. The van der Waals surface area contributed by atoms with Crippen molar-refractivity contribution in [3.63, 3.8) is 0 Å². The highest BCUT2D eigenvalue weighted by atomic mass is 16.2. The van der Waals surface area contributed by atoms with Crippen LogP contribution in [-0.2, 0) is 4.79 Å². The van der Waals surface area contributed by atoms with Crippen LogP contribution in [-0.4, -0.2) is 25.4 Å². The molecule has 26 heavy (non-hydrogen) atoms. The zero-order chi connectivity index (χ0) is 18.1. The Labute approximate surface area is 155 Å². The van der Waals surface area contributed by atoms with Crippen LogP contribution < -0.4 is 10.6 Å². The second-order valence-electron chi connectivity index (χ2n) is 8.31. The van der Waals surface area contributed by atoms with Crippen molar-refractivity contribution in [1.82, 2.24) is 10.6 Å². The molecule has 1 aromatic carbocycles. The molecular formula is C22H26N2O2. The fraction of sp³-hybridized carbons (Fsp3) is 0.545. The average molecular weight is 350 g/mol. The molecule has 0 radical (unpaired) electrons. The zero-order valence-electron chi connectivity index (χ0n) is 15.3. The molecular weight excluding hydrogens is 324 g/mol. The first-order valence-corrected chi connectivity index (χ1v) is 9.68.